The van der Waals surface area contributed by atoms with Crippen molar-refractivity contribution in [1.82, 2.24) is 14.8 Å². The Balaban J connectivity index is 1.37. The van der Waals surface area contributed by atoms with Crippen LogP contribution in [0.4, 0.5) is 5.69 Å². The molecule has 0 bridgehead atoms. The summed E-state index contributed by atoms with van der Waals surface area (Å²) in [6.07, 6.45) is 6.57. The van der Waals surface area contributed by atoms with Gasteiger partial charge in [0.2, 0.25) is 5.91 Å². The molecule has 172 valence electrons. The first kappa shape index (κ1) is 23.1. The highest BCUT2D eigenvalue weighted by Gasteiger charge is 2.15. The van der Waals surface area contributed by atoms with Gasteiger partial charge in [-0.05, 0) is 86.1 Å². The molecule has 0 saturated carbocycles. The van der Waals surface area contributed by atoms with Crippen molar-refractivity contribution in [2.24, 2.45) is 0 Å². The number of carbonyl (C=O) groups is 1. The Hall–Kier alpha value is -3.06. The maximum atomic E-state index is 12.5. The summed E-state index contributed by atoms with van der Waals surface area (Å²) < 4.78 is 7.98. The van der Waals surface area contributed by atoms with E-state index in [4.69, 9.17) is 4.74 Å². The largest absolute Gasteiger partial charge is 0.486 e. The van der Waals surface area contributed by atoms with Gasteiger partial charge < -0.3 is 10.1 Å². The molecule has 2 aromatic carbocycles. The van der Waals surface area contributed by atoms with Crippen molar-refractivity contribution in [2.75, 3.05) is 11.1 Å². The van der Waals surface area contributed by atoms with Crippen LogP contribution >= 0.6 is 11.8 Å². The Morgan fingerprint density at radius 2 is 1.94 bits per heavy atom. The fourth-order valence-corrected chi connectivity index (χ4v) is 4.71. The Kier molecular flexibility index (Phi) is 7.50. The number of nitrogens with zero attached hydrogens (tertiary/aromatic N) is 3. The summed E-state index contributed by atoms with van der Waals surface area (Å²) in [6, 6.07) is 12.3. The molecule has 4 rings (SSSR count). The van der Waals surface area contributed by atoms with E-state index in [1.807, 2.05) is 35.8 Å². The zero-order valence-electron chi connectivity index (χ0n) is 19.3. The van der Waals surface area contributed by atoms with Crippen LogP contribution in [0.15, 0.2) is 54.2 Å². The molecule has 0 atom stereocenters. The third kappa shape index (κ3) is 5.85. The van der Waals surface area contributed by atoms with Crippen molar-refractivity contribution in [3.8, 4) is 5.75 Å². The van der Waals surface area contributed by atoms with Crippen molar-refractivity contribution in [2.45, 2.75) is 57.8 Å². The minimum atomic E-state index is -0.0803. The molecule has 0 radical (unpaired) electrons. The lowest BCUT2D eigenvalue weighted by Crippen LogP contribution is -2.15. The van der Waals surface area contributed by atoms with Gasteiger partial charge in [-0.15, -0.1) is 16.8 Å². The SMILES string of the molecule is C=CCn1c(COc2ccc3c(c2)CCCC3)nnc1SCC(=O)Nc1ccc(C)c(C)c1. The minimum Gasteiger partial charge on any atom is -0.486 e. The number of allylic oxidation sites excluding steroid dienone is 1. The molecule has 1 aromatic heterocycles. The van der Waals surface area contributed by atoms with E-state index >= 15 is 0 Å². The van der Waals surface area contributed by atoms with E-state index in [2.05, 4.69) is 41.1 Å². The molecule has 3 aromatic rings. The lowest BCUT2D eigenvalue weighted by Gasteiger charge is -2.16. The molecule has 1 heterocycles. The van der Waals surface area contributed by atoms with E-state index in [-0.39, 0.29) is 11.7 Å². The Morgan fingerprint density at radius 1 is 1.12 bits per heavy atom. The van der Waals surface area contributed by atoms with Crippen LogP contribution in [-0.2, 0) is 30.8 Å². The lowest BCUT2D eigenvalue weighted by atomic mass is 9.92. The summed E-state index contributed by atoms with van der Waals surface area (Å²) in [7, 11) is 0. The number of fused-ring (bicyclic) bond motifs is 1. The number of nitrogens with one attached hydrogen (secondary N) is 1. The van der Waals surface area contributed by atoms with Gasteiger partial charge in [0.25, 0.3) is 0 Å². The molecular weight excluding hydrogens is 432 g/mol. The smallest absolute Gasteiger partial charge is 0.234 e. The molecule has 0 unspecified atom stereocenters. The van der Waals surface area contributed by atoms with E-state index in [9.17, 15) is 4.79 Å². The van der Waals surface area contributed by atoms with Crippen molar-refractivity contribution >= 4 is 23.4 Å². The molecule has 0 aliphatic heterocycles. The number of amides is 1. The quantitative estimate of drug-likeness (QED) is 0.347. The van der Waals surface area contributed by atoms with E-state index in [0.717, 1.165) is 29.8 Å². The van der Waals surface area contributed by atoms with Gasteiger partial charge in [0.05, 0.1) is 5.75 Å². The monoisotopic (exact) mass is 462 g/mol. The Labute approximate surface area is 199 Å². The van der Waals surface area contributed by atoms with Gasteiger partial charge in [0.1, 0.15) is 12.4 Å². The van der Waals surface area contributed by atoms with Gasteiger partial charge in [0, 0.05) is 12.2 Å². The highest BCUT2D eigenvalue weighted by molar-refractivity contribution is 7.99. The minimum absolute atomic E-state index is 0.0803. The standard InChI is InChI=1S/C26H30N4O2S/c1-4-13-30-24(16-32-23-12-10-20-7-5-6-8-21(20)15-23)28-29-26(30)33-17-25(31)27-22-11-9-18(2)19(3)14-22/h4,9-12,14-15H,1,5-8,13,16-17H2,2-3H3,(H,27,31). The first-order valence-corrected chi connectivity index (χ1v) is 12.3. The maximum absolute atomic E-state index is 12.5. The van der Waals surface area contributed by atoms with Crippen LogP contribution < -0.4 is 10.1 Å². The topological polar surface area (TPSA) is 69.0 Å². The van der Waals surface area contributed by atoms with E-state index in [1.54, 1.807) is 6.08 Å². The van der Waals surface area contributed by atoms with Gasteiger partial charge in [-0.25, -0.2) is 0 Å². The number of rotatable bonds is 9. The van der Waals surface area contributed by atoms with Gasteiger partial charge in [-0.2, -0.15) is 0 Å². The number of carbonyl (C=O) groups excluding carboxylic acids is 1. The second-order valence-electron chi connectivity index (χ2n) is 8.36. The van der Waals surface area contributed by atoms with Crippen LogP contribution in [0.5, 0.6) is 5.75 Å². The highest BCUT2D eigenvalue weighted by Crippen LogP contribution is 2.26. The Morgan fingerprint density at radius 3 is 2.73 bits per heavy atom. The number of aryl methyl sites for hydroxylation is 4. The van der Waals surface area contributed by atoms with Crippen molar-refractivity contribution in [1.29, 1.82) is 0 Å². The zero-order valence-corrected chi connectivity index (χ0v) is 20.1. The molecule has 1 aliphatic rings. The third-order valence-corrected chi connectivity index (χ3v) is 6.88. The summed E-state index contributed by atoms with van der Waals surface area (Å²) in [4.78, 5) is 12.5. The van der Waals surface area contributed by atoms with Gasteiger partial charge in [-0.3, -0.25) is 9.36 Å². The molecular formula is C26H30N4O2S. The highest BCUT2D eigenvalue weighted by atomic mass is 32.2. The predicted octanol–water partition coefficient (Wildman–Crippen LogP) is 5.27. The van der Waals surface area contributed by atoms with E-state index in [0.29, 0.717) is 24.1 Å². The average molecular weight is 463 g/mol. The maximum Gasteiger partial charge on any atom is 0.234 e. The first-order chi connectivity index (χ1) is 16.0. The van der Waals surface area contributed by atoms with Crippen LogP contribution in [0.25, 0.3) is 0 Å². The molecule has 1 aliphatic carbocycles. The lowest BCUT2D eigenvalue weighted by molar-refractivity contribution is -0.113. The predicted molar refractivity (Wildman–Crippen MR) is 133 cm³/mol. The van der Waals surface area contributed by atoms with Crippen molar-refractivity contribution < 1.29 is 9.53 Å². The summed E-state index contributed by atoms with van der Waals surface area (Å²) in [5.74, 6) is 1.73. The molecule has 0 spiro atoms. The number of benzene rings is 2. The summed E-state index contributed by atoms with van der Waals surface area (Å²) in [6.45, 7) is 8.80. The summed E-state index contributed by atoms with van der Waals surface area (Å²) in [5, 5.41) is 12.2. The van der Waals surface area contributed by atoms with Crippen LogP contribution in [-0.4, -0.2) is 26.4 Å². The van der Waals surface area contributed by atoms with E-state index in [1.165, 1.54) is 41.3 Å². The zero-order chi connectivity index (χ0) is 23.2. The average Bonchev–Trinajstić information content (AvgIpc) is 3.20. The van der Waals surface area contributed by atoms with Crippen molar-refractivity contribution in [3.05, 3.63) is 77.1 Å². The molecule has 0 fully saturated rings. The number of thioether (sulfide) groups is 1. The normalized spacial score (nSPS) is 12.8. The van der Waals surface area contributed by atoms with Crippen molar-refractivity contribution in [3.63, 3.8) is 0 Å². The van der Waals surface area contributed by atoms with Gasteiger partial charge in [-0.1, -0.05) is 30.0 Å². The molecule has 33 heavy (non-hydrogen) atoms. The number of aromatic nitrogens is 3. The number of ether oxygens (including phenoxy) is 1. The van der Waals surface area contributed by atoms with Crippen LogP contribution in [0, 0.1) is 13.8 Å². The van der Waals surface area contributed by atoms with E-state index < -0.39 is 0 Å². The van der Waals surface area contributed by atoms with Gasteiger partial charge in [0.15, 0.2) is 11.0 Å². The van der Waals surface area contributed by atoms with Crippen LogP contribution in [0.3, 0.4) is 0 Å². The third-order valence-electron chi connectivity index (χ3n) is 5.92. The number of anilines is 1. The van der Waals surface area contributed by atoms with Crippen LogP contribution in [0.1, 0.15) is 40.9 Å². The second kappa shape index (κ2) is 10.7. The number of hydrogen-bond donors (Lipinski definition) is 1. The molecule has 6 nitrogen and oxygen atoms in total. The summed E-state index contributed by atoms with van der Waals surface area (Å²) in [5.41, 5.74) is 5.97. The molecule has 1 amide bonds. The summed E-state index contributed by atoms with van der Waals surface area (Å²) >= 11 is 1.36. The fourth-order valence-electron chi connectivity index (χ4n) is 3.94. The van der Waals surface area contributed by atoms with Crippen LogP contribution in [0.2, 0.25) is 0 Å². The second-order valence-corrected chi connectivity index (χ2v) is 9.30. The first-order valence-electron chi connectivity index (χ1n) is 11.3. The molecule has 0 saturated heterocycles. The molecule has 1 N–H and O–H groups in total. The molecule has 7 heteroatoms. The Bertz CT molecular complexity index is 1160. The number of hydrogen-bond acceptors (Lipinski definition) is 5. The fraction of sp³-hybridized carbons (Fsp3) is 0.346. The van der Waals surface area contributed by atoms with Gasteiger partial charge >= 0.3 is 0 Å².